The number of fused-ring (bicyclic) bond motifs is 1. The molecule has 112 valence electrons. The Balaban J connectivity index is 1.97. The van der Waals surface area contributed by atoms with Gasteiger partial charge in [0, 0.05) is 21.2 Å². The van der Waals surface area contributed by atoms with Gasteiger partial charge >= 0.3 is 0 Å². The number of halogens is 3. The van der Waals surface area contributed by atoms with Crippen molar-refractivity contribution in [3.63, 3.8) is 0 Å². The van der Waals surface area contributed by atoms with Gasteiger partial charge in [0.2, 0.25) is 5.78 Å². The Kier molecular flexibility index (Phi) is 4.42. The molecule has 1 heterocycles. The third-order valence-corrected chi connectivity index (χ3v) is 5.55. The number of thioether (sulfide) groups is 1. The molecule has 1 aliphatic rings. The predicted octanol–water partition coefficient (Wildman–Crippen LogP) is 6.28. The molecule has 0 aromatic heterocycles. The number of Topliss-reactive ketones (excluding diaryl/α,β-unsaturated/α-hetero) is 1. The van der Waals surface area contributed by atoms with Crippen LogP contribution < -0.4 is 5.32 Å². The first-order chi connectivity index (χ1) is 10.5. The maximum absolute atomic E-state index is 12.7. The van der Waals surface area contributed by atoms with Gasteiger partial charge in [0.05, 0.1) is 20.6 Å². The van der Waals surface area contributed by atoms with Gasteiger partial charge in [0.25, 0.3) is 0 Å². The van der Waals surface area contributed by atoms with E-state index in [1.54, 1.807) is 30.3 Å². The Morgan fingerprint density at radius 2 is 1.73 bits per heavy atom. The molecule has 1 aliphatic heterocycles. The van der Waals surface area contributed by atoms with Crippen molar-refractivity contribution in [3.8, 4) is 0 Å². The summed E-state index contributed by atoms with van der Waals surface area (Å²) in [5.41, 5.74) is 2.09. The molecule has 0 saturated heterocycles. The van der Waals surface area contributed by atoms with Crippen LogP contribution in [0.5, 0.6) is 0 Å². The smallest absolute Gasteiger partial charge is 0.201 e. The number of ketones is 1. The summed E-state index contributed by atoms with van der Waals surface area (Å²) in [5.74, 6) is -0.0524. The molecule has 0 amide bonds. The highest BCUT2D eigenvalue weighted by Crippen LogP contribution is 2.46. The van der Waals surface area contributed by atoms with Gasteiger partial charge in [-0.2, -0.15) is 0 Å². The van der Waals surface area contributed by atoms with Gasteiger partial charge in [-0.05, 0) is 43.3 Å². The molecular formula is C16H10Cl3NOS. The molecule has 0 spiro atoms. The molecule has 3 rings (SSSR count). The van der Waals surface area contributed by atoms with E-state index < -0.39 is 0 Å². The minimum Gasteiger partial charge on any atom is -0.356 e. The zero-order valence-corrected chi connectivity index (χ0v) is 14.5. The summed E-state index contributed by atoms with van der Waals surface area (Å²) in [6, 6.07) is 10.4. The first kappa shape index (κ1) is 15.8. The van der Waals surface area contributed by atoms with Crippen LogP contribution in [-0.2, 0) is 0 Å². The molecular weight excluding hydrogens is 361 g/mol. The van der Waals surface area contributed by atoms with Gasteiger partial charge in [-0.1, -0.05) is 46.6 Å². The van der Waals surface area contributed by atoms with E-state index in [2.05, 4.69) is 5.32 Å². The van der Waals surface area contributed by atoms with Crippen molar-refractivity contribution >= 4 is 58.0 Å². The molecule has 22 heavy (non-hydrogen) atoms. The molecule has 6 heteroatoms. The quantitative estimate of drug-likeness (QED) is 0.631. The second kappa shape index (κ2) is 6.17. The number of anilines is 1. The van der Waals surface area contributed by atoms with E-state index in [4.69, 9.17) is 34.8 Å². The lowest BCUT2D eigenvalue weighted by Crippen LogP contribution is -2.12. The monoisotopic (exact) mass is 369 g/mol. The lowest BCUT2D eigenvalue weighted by molar-refractivity contribution is 0.104. The van der Waals surface area contributed by atoms with E-state index in [1.807, 2.05) is 13.0 Å². The number of carbonyl (C=O) groups is 1. The van der Waals surface area contributed by atoms with E-state index in [0.717, 1.165) is 16.3 Å². The standard InChI is InChI=1S/C16H10Cl3NOS/c1-8-16(15(21)9-2-4-10(17)5-3-9)22-12-7-6-11(18)13(19)14(12)20-8/h2-7,20H,1H3. The molecule has 2 aromatic carbocycles. The van der Waals surface area contributed by atoms with Crippen molar-refractivity contribution in [1.29, 1.82) is 0 Å². The molecule has 0 bridgehead atoms. The number of hydrogen-bond acceptors (Lipinski definition) is 3. The minimum absolute atomic E-state index is 0.0524. The maximum Gasteiger partial charge on any atom is 0.201 e. The van der Waals surface area contributed by atoms with Gasteiger partial charge in [-0.3, -0.25) is 4.79 Å². The highest BCUT2D eigenvalue weighted by atomic mass is 35.5. The number of rotatable bonds is 2. The number of hydrogen-bond donors (Lipinski definition) is 1. The maximum atomic E-state index is 12.7. The Morgan fingerprint density at radius 1 is 1.05 bits per heavy atom. The SMILES string of the molecule is CC1=C(C(=O)c2ccc(Cl)cc2)Sc2ccc(Cl)c(Cl)c2N1. The lowest BCUT2D eigenvalue weighted by Gasteiger charge is -2.22. The summed E-state index contributed by atoms with van der Waals surface area (Å²) in [7, 11) is 0. The van der Waals surface area contributed by atoms with Crippen LogP contribution in [0.15, 0.2) is 51.9 Å². The van der Waals surface area contributed by atoms with Crippen molar-refractivity contribution in [3.05, 3.63) is 67.6 Å². The first-order valence-corrected chi connectivity index (χ1v) is 8.36. The third-order valence-electron chi connectivity index (χ3n) is 3.23. The summed E-state index contributed by atoms with van der Waals surface area (Å²) >= 11 is 19.5. The second-order valence-electron chi connectivity index (χ2n) is 4.75. The van der Waals surface area contributed by atoms with Gasteiger partial charge in [-0.15, -0.1) is 0 Å². The number of benzene rings is 2. The number of nitrogens with one attached hydrogen (secondary N) is 1. The van der Waals surface area contributed by atoms with Crippen LogP contribution in [0.4, 0.5) is 5.69 Å². The molecule has 0 saturated carbocycles. The largest absolute Gasteiger partial charge is 0.356 e. The van der Waals surface area contributed by atoms with Gasteiger partial charge in [-0.25, -0.2) is 0 Å². The van der Waals surface area contributed by atoms with Crippen molar-refractivity contribution in [2.75, 3.05) is 5.32 Å². The fourth-order valence-corrected chi connectivity index (χ4v) is 3.69. The number of allylic oxidation sites excluding steroid dienone is 2. The van der Waals surface area contributed by atoms with Gasteiger partial charge < -0.3 is 5.32 Å². The summed E-state index contributed by atoms with van der Waals surface area (Å²) in [5, 5.41) is 4.72. The zero-order valence-electron chi connectivity index (χ0n) is 11.4. The van der Waals surface area contributed by atoms with Gasteiger partial charge in [0.1, 0.15) is 0 Å². The highest BCUT2D eigenvalue weighted by molar-refractivity contribution is 8.04. The summed E-state index contributed by atoms with van der Waals surface area (Å²) < 4.78 is 0. The van der Waals surface area contributed by atoms with E-state index in [1.165, 1.54) is 11.8 Å². The molecule has 0 fully saturated rings. The lowest BCUT2D eigenvalue weighted by atomic mass is 10.1. The first-order valence-electron chi connectivity index (χ1n) is 6.41. The Labute approximate surface area is 147 Å². The van der Waals surface area contributed by atoms with Crippen molar-refractivity contribution in [2.45, 2.75) is 11.8 Å². The molecule has 1 N–H and O–H groups in total. The van der Waals surface area contributed by atoms with Crippen LogP contribution in [0.1, 0.15) is 17.3 Å². The molecule has 0 atom stereocenters. The Morgan fingerprint density at radius 3 is 2.41 bits per heavy atom. The summed E-state index contributed by atoms with van der Waals surface area (Å²) in [6.07, 6.45) is 0. The van der Waals surface area contributed by atoms with Gasteiger partial charge in [0.15, 0.2) is 0 Å². The van der Waals surface area contributed by atoms with E-state index in [0.29, 0.717) is 25.5 Å². The molecule has 2 nitrogen and oxygen atoms in total. The molecule has 0 unspecified atom stereocenters. The summed E-state index contributed by atoms with van der Waals surface area (Å²) in [4.78, 5) is 14.2. The fraction of sp³-hybridized carbons (Fsp3) is 0.0625. The van der Waals surface area contributed by atoms with E-state index in [-0.39, 0.29) is 5.78 Å². The highest BCUT2D eigenvalue weighted by Gasteiger charge is 2.24. The Hall–Kier alpha value is -1.13. The average Bonchev–Trinajstić information content (AvgIpc) is 2.51. The fourth-order valence-electron chi connectivity index (χ4n) is 2.11. The van der Waals surface area contributed by atoms with Crippen LogP contribution >= 0.6 is 46.6 Å². The number of carbonyl (C=O) groups excluding carboxylic acids is 1. The predicted molar refractivity (Wildman–Crippen MR) is 94.4 cm³/mol. The second-order valence-corrected chi connectivity index (χ2v) is 7.03. The van der Waals surface area contributed by atoms with Crippen LogP contribution in [0.2, 0.25) is 15.1 Å². The molecule has 0 radical (unpaired) electrons. The summed E-state index contributed by atoms with van der Waals surface area (Å²) in [6.45, 7) is 1.84. The van der Waals surface area contributed by atoms with Crippen molar-refractivity contribution in [2.24, 2.45) is 0 Å². The third kappa shape index (κ3) is 2.86. The van der Waals surface area contributed by atoms with Crippen LogP contribution in [0.25, 0.3) is 0 Å². The van der Waals surface area contributed by atoms with E-state index in [9.17, 15) is 4.79 Å². The van der Waals surface area contributed by atoms with Crippen LogP contribution in [0.3, 0.4) is 0 Å². The van der Waals surface area contributed by atoms with Crippen molar-refractivity contribution in [1.82, 2.24) is 0 Å². The minimum atomic E-state index is -0.0524. The molecule has 2 aromatic rings. The van der Waals surface area contributed by atoms with E-state index >= 15 is 0 Å². The zero-order chi connectivity index (χ0) is 15.9. The van der Waals surface area contributed by atoms with Crippen molar-refractivity contribution < 1.29 is 4.79 Å². The average molecular weight is 371 g/mol. The topological polar surface area (TPSA) is 29.1 Å². The Bertz CT molecular complexity index is 800. The molecule has 0 aliphatic carbocycles. The van der Waals surface area contributed by atoms with Crippen LogP contribution in [-0.4, -0.2) is 5.78 Å². The normalized spacial score (nSPS) is 13.6. The van der Waals surface area contributed by atoms with Crippen LogP contribution in [0, 0.1) is 0 Å².